The quantitative estimate of drug-likeness (QED) is 0.892. The van der Waals surface area contributed by atoms with Crippen LogP contribution >= 0.6 is 0 Å². The molecule has 2 aliphatic heterocycles. The maximum atomic E-state index is 10.2. The molecule has 0 saturated carbocycles. The second-order valence-corrected chi connectivity index (χ2v) is 4.79. The Morgan fingerprint density at radius 3 is 2.78 bits per heavy atom. The third-order valence-electron chi connectivity index (χ3n) is 3.46. The molecule has 2 unspecified atom stereocenters. The molecule has 98 valence electrons. The fraction of sp³-hybridized carbons (Fsp3) is 0.571. The van der Waals surface area contributed by atoms with E-state index >= 15 is 0 Å². The fourth-order valence-electron chi connectivity index (χ4n) is 2.48. The normalized spacial score (nSPS) is 23.9. The molecule has 0 radical (unpaired) electrons. The zero-order chi connectivity index (χ0) is 12.4. The summed E-state index contributed by atoms with van der Waals surface area (Å²) in [4.78, 5) is 0. The molecular weight excluding hydrogens is 232 g/mol. The van der Waals surface area contributed by atoms with E-state index < -0.39 is 6.10 Å². The van der Waals surface area contributed by atoms with Gasteiger partial charge in [-0.3, -0.25) is 0 Å². The topological polar surface area (TPSA) is 47.9 Å². The van der Waals surface area contributed by atoms with Gasteiger partial charge in [0.1, 0.15) is 13.2 Å². The highest BCUT2D eigenvalue weighted by Gasteiger charge is 2.22. The van der Waals surface area contributed by atoms with Gasteiger partial charge in [-0.1, -0.05) is 6.07 Å². The van der Waals surface area contributed by atoms with Crippen molar-refractivity contribution >= 4 is 0 Å². The minimum absolute atomic E-state index is 0.188. The highest BCUT2D eigenvalue weighted by atomic mass is 16.6. The Kier molecular flexibility index (Phi) is 3.39. The Hall–Kier alpha value is -1.26. The molecule has 1 saturated heterocycles. The van der Waals surface area contributed by atoms with Crippen LogP contribution in [0.4, 0.5) is 0 Å². The van der Waals surface area contributed by atoms with Crippen LogP contribution in [0.3, 0.4) is 0 Å². The molecule has 2 aliphatic rings. The van der Waals surface area contributed by atoms with E-state index in [1.165, 1.54) is 0 Å². The molecule has 0 bridgehead atoms. The predicted molar refractivity (Wildman–Crippen MR) is 66.0 cm³/mol. The van der Waals surface area contributed by atoms with Crippen molar-refractivity contribution in [3.63, 3.8) is 0 Å². The zero-order valence-corrected chi connectivity index (χ0v) is 10.3. The van der Waals surface area contributed by atoms with E-state index in [1.807, 2.05) is 18.2 Å². The van der Waals surface area contributed by atoms with Crippen molar-refractivity contribution in [3.8, 4) is 11.5 Å². The summed E-state index contributed by atoms with van der Waals surface area (Å²) in [5.41, 5.74) is 0.870. The first kappa shape index (κ1) is 11.8. The van der Waals surface area contributed by atoms with Crippen LogP contribution in [0.5, 0.6) is 11.5 Å². The van der Waals surface area contributed by atoms with Crippen molar-refractivity contribution in [2.45, 2.75) is 31.5 Å². The van der Waals surface area contributed by atoms with Crippen molar-refractivity contribution in [1.29, 1.82) is 0 Å². The molecule has 1 aromatic carbocycles. The van der Waals surface area contributed by atoms with Gasteiger partial charge in [0.25, 0.3) is 0 Å². The first-order chi connectivity index (χ1) is 8.83. The van der Waals surface area contributed by atoms with Gasteiger partial charge in [0.2, 0.25) is 0 Å². The van der Waals surface area contributed by atoms with E-state index in [4.69, 9.17) is 14.2 Å². The lowest BCUT2D eigenvalue weighted by atomic mass is 10.0. The highest BCUT2D eigenvalue weighted by molar-refractivity contribution is 5.44. The molecule has 2 atom stereocenters. The first-order valence-electron chi connectivity index (χ1n) is 6.52. The molecule has 1 aromatic rings. The molecule has 1 N–H and O–H groups in total. The van der Waals surface area contributed by atoms with Gasteiger partial charge in [0.05, 0.1) is 12.2 Å². The summed E-state index contributed by atoms with van der Waals surface area (Å²) in [7, 11) is 0. The standard InChI is InChI=1S/C14H18O4/c15-12(9-11-2-1-5-16-11)10-3-4-13-14(8-10)18-7-6-17-13/h3-4,8,11-12,15H,1-2,5-7,9H2. The Morgan fingerprint density at radius 1 is 1.17 bits per heavy atom. The van der Waals surface area contributed by atoms with E-state index in [0.717, 1.165) is 36.5 Å². The van der Waals surface area contributed by atoms with Gasteiger partial charge in [-0.15, -0.1) is 0 Å². The number of hydrogen-bond acceptors (Lipinski definition) is 4. The fourth-order valence-corrected chi connectivity index (χ4v) is 2.48. The van der Waals surface area contributed by atoms with Crippen LogP contribution in [-0.4, -0.2) is 31.0 Å². The molecule has 4 nitrogen and oxygen atoms in total. The number of aliphatic hydroxyl groups excluding tert-OH is 1. The average Bonchev–Trinajstić information content (AvgIpc) is 2.91. The summed E-state index contributed by atoms with van der Waals surface area (Å²) in [6.07, 6.45) is 2.48. The monoisotopic (exact) mass is 250 g/mol. The summed E-state index contributed by atoms with van der Waals surface area (Å²) < 4.78 is 16.5. The van der Waals surface area contributed by atoms with E-state index in [0.29, 0.717) is 19.6 Å². The lowest BCUT2D eigenvalue weighted by Crippen LogP contribution is -2.16. The van der Waals surface area contributed by atoms with Gasteiger partial charge in [-0.25, -0.2) is 0 Å². The van der Waals surface area contributed by atoms with Gasteiger partial charge >= 0.3 is 0 Å². The second kappa shape index (κ2) is 5.16. The van der Waals surface area contributed by atoms with Crippen molar-refractivity contribution in [2.75, 3.05) is 19.8 Å². The van der Waals surface area contributed by atoms with Crippen molar-refractivity contribution < 1.29 is 19.3 Å². The molecule has 4 heteroatoms. The Morgan fingerprint density at radius 2 is 2.00 bits per heavy atom. The molecule has 0 aliphatic carbocycles. The third kappa shape index (κ3) is 2.44. The van der Waals surface area contributed by atoms with Crippen molar-refractivity contribution in [2.24, 2.45) is 0 Å². The zero-order valence-electron chi connectivity index (χ0n) is 10.3. The summed E-state index contributed by atoms with van der Waals surface area (Å²) in [6, 6.07) is 5.63. The van der Waals surface area contributed by atoms with E-state index in [1.54, 1.807) is 0 Å². The number of aliphatic hydroxyl groups is 1. The average molecular weight is 250 g/mol. The third-order valence-corrected chi connectivity index (χ3v) is 3.46. The largest absolute Gasteiger partial charge is 0.486 e. The van der Waals surface area contributed by atoms with Gasteiger partial charge < -0.3 is 19.3 Å². The SMILES string of the molecule is OC(CC1CCCO1)c1ccc2c(c1)OCCO2. The van der Waals surface area contributed by atoms with E-state index in [-0.39, 0.29) is 6.10 Å². The summed E-state index contributed by atoms with van der Waals surface area (Å²) >= 11 is 0. The lowest BCUT2D eigenvalue weighted by Gasteiger charge is -2.21. The van der Waals surface area contributed by atoms with Crippen LogP contribution in [0.1, 0.15) is 30.9 Å². The van der Waals surface area contributed by atoms with Gasteiger partial charge in [-0.2, -0.15) is 0 Å². The van der Waals surface area contributed by atoms with E-state index in [9.17, 15) is 5.11 Å². The molecule has 0 amide bonds. The van der Waals surface area contributed by atoms with Gasteiger partial charge in [-0.05, 0) is 30.5 Å². The molecule has 3 rings (SSSR count). The molecule has 0 aromatic heterocycles. The first-order valence-corrected chi connectivity index (χ1v) is 6.52. The minimum atomic E-state index is -0.496. The predicted octanol–water partition coefficient (Wildman–Crippen LogP) is 2.06. The lowest BCUT2D eigenvalue weighted by molar-refractivity contribution is 0.0532. The number of benzene rings is 1. The minimum Gasteiger partial charge on any atom is -0.486 e. The van der Waals surface area contributed by atoms with Crippen LogP contribution in [0.2, 0.25) is 0 Å². The van der Waals surface area contributed by atoms with Gasteiger partial charge in [0, 0.05) is 13.0 Å². The van der Waals surface area contributed by atoms with Crippen LogP contribution in [0, 0.1) is 0 Å². The molecular formula is C14H18O4. The highest BCUT2D eigenvalue weighted by Crippen LogP contribution is 2.34. The molecule has 2 heterocycles. The second-order valence-electron chi connectivity index (χ2n) is 4.79. The maximum absolute atomic E-state index is 10.2. The smallest absolute Gasteiger partial charge is 0.161 e. The number of fused-ring (bicyclic) bond motifs is 1. The number of hydrogen-bond donors (Lipinski definition) is 1. The molecule has 0 spiro atoms. The number of ether oxygens (including phenoxy) is 3. The van der Waals surface area contributed by atoms with E-state index in [2.05, 4.69) is 0 Å². The summed E-state index contributed by atoms with van der Waals surface area (Å²) in [5.74, 6) is 1.49. The van der Waals surface area contributed by atoms with Crippen LogP contribution in [0.25, 0.3) is 0 Å². The van der Waals surface area contributed by atoms with Gasteiger partial charge in [0.15, 0.2) is 11.5 Å². The maximum Gasteiger partial charge on any atom is 0.161 e. The Balaban J connectivity index is 1.70. The van der Waals surface area contributed by atoms with Crippen molar-refractivity contribution in [3.05, 3.63) is 23.8 Å². The van der Waals surface area contributed by atoms with Crippen LogP contribution < -0.4 is 9.47 Å². The Bertz CT molecular complexity index is 412. The summed E-state index contributed by atoms with van der Waals surface area (Å²) in [5, 5.41) is 10.2. The molecule has 1 fully saturated rings. The van der Waals surface area contributed by atoms with Crippen LogP contribution in [-0.2, 0) is 4.74 Å². The summed E-state index contributed by atoms with van der Waals surface area (Å²) in [6.45, 7) is 1.97. The number of rotatable bonds is 3. The Labute approximate surface area is 106 Å². The molecule has 18 heavy (non-hydrogen) atoms. The van der Waals surface area contributed by atoms with Crippen LogP contribution in [0.15, 0.2) is 18.2 Å². The van der Waals surface area contributed by atoms with Crippen molar-refractivity contribution in [1.82, 2.24) is 0 Å².